The SMILES string of the molecule is CCOc1ccc(NC(=O)CC(=O)NN=Cc2ccc(OCc3ccc(Cl)c(Cl)c3)c(Br)c2)cc1. The molecule has 0 aliphatic carbocycles. The highest BCUT2D eigenvalue weighted by atomic mass is 79.9. The lowest BCUT2D eigenvalue weighted by atomic mass is 10.2. The van der Waals surface area contributed by atoms with Crippen molar-refractivity contribution < 1.29 is 19.1 Å². The number of carbonyl (C=O) groups is 2. The molecule has 35 heavy (non-hydrogen) atoms. The molecule has 0 heterocycles. The van der Waals surface area contributed by atoms with Gasteiger partial charge in [-0.15, -0.1) is 0 Å². The number of amides is 2. The van der Waals surface area contributed by atoms with E-state index in [1.165, 1.54) is 6.21 Å². The van der Waals surface area contributed by atoms with Gasteiger partial charge < -0.3 is 14.8 Å². The summed E-state index contributed by atoms with van der Waals surface area (Å²) in [4.78, 5) is 24.1. The minimum atomic E-state index is -0.537. The van der Waals surface area contributed by atoms with Crippen molar-refractivity contribution in [2.75, 3.05) is 11.9 Å². The van der Waals surface area contributed by atoms with E-state index in [2.05, 4.69) is 31.8 Å². The molecule has 7 nitrogen and oxygen atoms in total. The molecule has 0 aliphatic rings. The van der Waals surface area contributed by atoms with Gasteiger partial charge in [0.2, 0.25) is 11.8 Å². The van der Waals surface area contributed by atoms with Crippen LogP contribution in [0.1, 0.15) is 24.5 Å². The van der Waals surface area contributed by atoms with E-state index in [0.717, 1.165) is 11.1 Å². The zero-order valence-corrected chi connectivity index (χ0v) is 21.8. The zero-order chi connectivity index (χ0) is 25.2. The standard InChI is InChI=1S/C25H22BrCl2N3O4/c1-2-34-19-7-5-18(6-8-19)30-24(32)13-25(33)31-29-14-16-4-10-23(20(26)11-16)35-15-17-3-9-21(27)22(28)12-17/h3-12,14H,2,13,15H2,1H3,(H,30,32)(H,31,33). The van der Waals surface area contributed by atoms with E-state index in [-0.39, 0.29) is 6.42 Å². The van der Waals surface area contributed by atoms with E-state index in [1.54, 1.807) is 54.6 Å². The first-order valence-electron chi connectivity index (χ1n) is 10.5. The van der Waals surface area contributed by atoms with E-state index in [9.17, 15) is 9.59 Å². The van der Waals surface area contributed by atoms with Crippen molar-refractivity contribution in [1.82, 2.24) is 5.43 Å². The summed E-state index contributed by atoms with van der Waals surface area (Å²) in [7, 11) is 0. The highest BCUT2D eigenvalue weighted by Gasteiger charge is 2.09. The summed E-state index contributed by atoms with van der Waals surface area (Å²) < 4.78 is 11.9. The number of hydrogen-bond donors (Lipinski definition) is 2. The molecule has 3 aromatic carbocycles. The van der Waals surface area contributed by atoms with Crippen LogP contribution in [-0.2, 0) is 16.2 Å². The molecule has 3 aromatic rings. The maximum atomic E-state index is 12.1. The average molecular weight is 579 g/mol. The Hall–Kier alpha value is -3.07. The largest absolute Gasteiger partial charge is 0.494 e. The molecule has 2 N–H and O–H groups in total. The molecule has 0 aromatic heterocycles. The van der Waals surface area contributed by atoms with Crippen LogP contribution < -0.4 is 20.2 Å². The van der Waals surface area contributed by atoms with Gasteiger partial charge in [0.05, 0.1) is 27.3 Å². The van der Waals surface area contributed by atoms with Crippen molar-refractivity contribution in [2.45, 2.75) is 20.0 Å². The first kappa shape index (κ1) is 26.5. The molecular weight excluding hydrogens is 557 g/mol. The summed E-state index contributed by atoms with van der Waals surface area (Å²) in [5.41, 5.74) is 4.52. The number of rotatable bonds is 10. The third-order valence-corrected chi connectivity index (χ3v) is 5.87. The zero-order valence-electron chi connectivity index (χ0n) is 18.7. The smallest absolute Gasteiger partial charge is 0.249 e. The Morgan fingerprint density at radius 3 is 2.43 bits per heavy atom. The van der Waals surface area contributed by atoms with Crippen LogP contribution in [0.4, 0.5) is 5.69 Å². The second-order valence-electron chi connectivity index (χ2n) is 7.20. The lowest BCUT2D eigenvalue weighted by Crippen LogP contribution is -2.24. The van der Waals surface area contributed by atoms with Crippen LogP contribution in [0.3, 0.4) is 0 Å². The maximum Gasteiger partial charge on any atom is 0.249 e. The molecule has 2 amide bonds. The van der Waals surface area contributed by atoms with Crippen LogP contribution in [0.15, 0.2) is 70.2 Å². The normalized spacial score (nSPS) is 10.7. The second-order valence-corrected chi connectivity index (χ2v) is 8.87. The molecule has 3 rings (SSSR count). The van der Waals surface area contributed by atoms with Gasteiger partial charge in [0.1, 0.15) is 24.5 Å². The number of anilines is 1. The Bertz CT molecular complexity index is 1220. The van der Waals surface area contributed by atoms with Crippen LogP contribution >= 0.6 is 39.1 Å². The van der Waals surface area contributed by atoms with Crippen LogP contribution in [0.2, 0.25) is 10.0 Å². The lowest BCUT2D eigenvalue weighted by molar-refractivity contribution is -0.126. The van der Waals surface area contributed by atoms with Gasteiger partial charge in [-0.2, -0.15) is 5.10 Å². The Labute approximate surface area is 221 Å². The van der Waals surface area contributed by atoms with E-state index in [0.29, 0.717) is 44.9 Å². The third kappa shape index (κ3) is 8.58. The predicted octanol–water partition coefficient (Wildman–Crippen LogP) is 6.21. The van der Waals surface area contributed by atoms with Gasteiger partial charge in [0, 0.05) is 5.69 Å². The molecule has 0 atom stereocenters. The summed E-state index contributed by atoms with van der Waals surface area (Å²) in [6.45, 7) is 2.76. The van der Waals surface area contributed by atoms with Crippen LogP contribution in [0, 0.1) is 0 Å². The van der Waals surface area contributed by atoms with Crippen LogP contribution in [0.5, 0.6) is 11.5 Å². The number of halogens is 3. The number of hydrazone groups is 1. The third-order valence-electron chi connectivity index (χ3n) is 4.51. The number of nitrogens with zero attached hydrogens (tertiary/aromatic N) is 1. The first-order chi connectivity index (χ1) is 16.8. The lowest BCUT2D eigenvalue weighted by Gasteiger charge is -2.09. The molecule has 0 saturated carbocycles. The Balaban J connectivity index is 1.45. The fourth-order valence-electron chi connectivity index (χ4n) is 2.88. The molecule has 0 bridgehead atoms. The monoisotopic (exact) mass is 577 g/mol. The van der Waals surface area contributed by atoms with E-state index in [4.69, 9.17) is 32.7 Å². The summed E-state index contributed by atoms with van der Waals surface area (Å²) in [5, 5.41) is 7.51. The summed E-state index contributed by atoms with van der Waals surface area (Å²) in [5.74, 6) is 0.344. The Morgan fingerprint density at radius 2 is 1.74 bits per heavy atom. The number of ether oxygens (including phenoxy) is 2. The molecule has 182 valence electrons. The Morgan fingerprint density at radius 1 is 0.971 bits per heavy atom. The highest BCUT2D eigenvalue weighted by molar-refractivity contribution is 9.10. The number of hydrogen-bond acceptors (Lipinski definition) is 5. The van der Waals surface area contributed by atoms with Crippen LogP contribution in [-0.4, -0.2) is 24.6 Å². The molecule has 0 saturated heterocycles. The van der Waals surface area contributed by atoms with Gasteiger partial charge in [-0.05, 0) is 88.6 Å². The minimum absolute atomic E-state index is 0.317. The number of benzene rings is 3. The molecule has 0 aliphatic heterocycles. The first-order valence-corrected chi connectivity index (χ1v) is 12.1. The molecule has 0 spiro atoms. The van der Waals surface area contributed by atoms with Gasteiger partial charge in [0.15, 0.2) is 0 Å². The summed E-state index contributed by atoms with van der Waals surface area (Å²) in [6, 6.07) is 17.5. The molecule has 0 fully saturated rings. The van der Waals surface area contributed by atoms with Crippen molar-refractivity contribution in [3.8, 4) is 11.5 Å². The minimum Gasteiger partial charge on any atom is -0.494 e. The van der Waals surface area contributed by atoms with Crippen molar-refractivity contribution in [2.24, 2.45) is 5.10 Å². The van der Waals surface area contributed by atoms with Crippen molar-refractivity contribution in [3.05, 3.63) is 86.3 Å². The maximum absolute atomic E-state index is 12.1. The topological polar surface area (TPSA) is 89.0 Å². The van der Waals surface area contributed by atoms with Gasteiger partial charge in [-0.3, -0.25) is 9.59 Å². The summed E-state index contributed by atoms with van der Waals surface area (Å²) >= 11 is 15.4. The fraction of sp³-hybridized carbons (Fsp3) is 0.160. The molecular formula is C25H22BrCl2N3O4. The van der Waals surface area contributed by atoms with E-state index >= 15 is 0 Å². The van der Waals surface area contributed by atoms with Gasteiger partial charge in [-0.1, -0.05) is 29.3 Å². The highest BCUT2D eigenvalue weighted by Crippen LogP contribution is 2.28. The quantitative estimate of drug-likeness (QED) is 0.170. The van der Waals surface area contributed by atoms with Gasteiger partial charge in [0.25, 0.3) is 0 Å². The molecule has 0 radical (unpaired) electrons. The van der Waals surface area contributed by atoms with E-state index < -0.39 is 11.8 Å². The number of nitrogens with one attached hydrogen (secondary N) is 2. The van der Waals surface area contributed by atoms with Crippen LogP contribution in [0.25, 0.3) is 0 Å². The Kier molecular flexibility index (Phi) is 9.96. The van der Waals surface area contributed by atoms with Gasteiger partial charge in [-0.25, -0.2) is 5.43 Å². The van der Waals surface area contributed by atoms with Crippen molar-refractivity contribution >= 4 is 62.8 Å². The fourth-order valence-corrected chi connectivity index (χ4v) is 3.71. The van der Waals surface area contributed by atoms with E-state index in [1.807, 2.05) is 13.0 Å². The summed E-state index contributed by atoms with van der Waals surface area (Å²) in [6.07, 6.45) is 1.10. The molecule has 0 unspecified atom stereocenters. The van der Waals surface area contributed by atoms with Crippen molar-refractivity contribution in [1.29, 1.82) is 0 Å². The second kappa shape index (κ2) is 13.1. The number of carbonyl (C=O) groups excluding carboxylic acids is 2. The molecule has 10 heteroatoms. The predicted molar refractivity (Wildman–Crippen MR) is 142 cm³/mol. The van der Waals surface area contributed by atoms with Gasteiger partial charge >= 0.3 is 0 Å². The average Bonchev–Trinajstić information content (AvgIpc) is 2.82. The van der Waals surface area contributed by atoms with Crippen molar-refractivity contribution in [3.63, 3.8) is 0 Å².